The maximum absolute atomic E-state index is 12.1. The van der Waals surface area contributed by atoms with Crippen molar-refractivity contribution >= 4 is 38.0 Å². The molecule has 4 aromatic carbocycles. The molecule has 0 bridgehead atoms. The molecule has 0 aromatic heterocycles. The second-order valence-corrected chi connectivity index (χ2v) is 19.2. The van der Waals surface area contributed by atoms with E-state index in [2.05, 4.69) is 117 Å². The van der Waals surface area contributed by atoms with Crippen LogP contribution in [0.5, 0.6) is 0 Å². The molecule has 0 saturated heterocycles. The molecular weight excluding hydrogens is 870 g/mol. The summed E-state index contributed by atoms with van der Waals surface area (Å²) < 4.78 is 30.1. The van der Waals surface area contributed by atoms with Crippen LogP contribution in [0.4, 0.5) is 4.79 Å². The van der Waals surface area contributed by atoms with E-state index in [1.165, 1.54) is 55.6 Å². The number of unbranched alkanes of at least 4 members (excludes halogenated alkanes) is 3. The van der Waals surface area contributed by atoms with Crippen molar-refractivity contribution in [2.45, 2.75) is 102 Å². The number of hydrogen-bond acceptors (Lipinski definition) is 6. The number of carbonyl (C=O) groups excluding carboxylic acids is 1. The second-order valence-electron chi connectivity index (χ2n) is 17.3. The number of halogens is 2. The first-order valence-electron chi connectivity index (χ1n) is 21.4. The fourth-order valence-electron chi connectivity index (χ4n) is 9.25. The summed E-state index contributed by atoms with van der Waals surface area (Å²) in [5.74, 6) is 0. The topological polar surface area (TPSA) is 75.3 Å². The first-order valence-corrected chi connectivity index (χ1v) is 23.0. The van der Waals surface area contributed by atoms with Crippen molar-refractivity contribution in [3.05, 3.63) is 104 Å². The van der Waals surface area contributed by atoms with Gasteiger partial charge < -0.3 is 29.0 Å². The van der Waals surface area contributed by atoms with Gasteiger partial charge in [0, 0.05) is 53.8 Å². The Labute approximate surface area is 369 Å². The Kier molecular flexibility index (Phi) is 15.9. The molecule has 0 heterocycles. The molecule has 9 heteroatoms. The average molecular weight is 934 g/mol. The van der Waals surface area contributed by atoms with Gasteiger partial charge >= 0.3 is 6.09 Å². The van der Waals surface area contributed by atoms with Crippen LogP contribution < -0.4 is 5.32 Å². The van der Waals surface area contributed by atoms with Gasteiger partial charge in [0.25, 0.3) is 0 Å². The maximum atomic E-state index is 12.1. The second kappa shape index (κ2) is 20.7. The molecule has 1 atom stereocenters. The molecule has 59 heavy (non-hydrogen) atoms. The van der Waals surface area contributed by atoms with E-state index in [1.54, 1.807) is 14.2 Å². The number of fused-ring (bicyclic) bond motifs is 6. The minimum Gasteiger partial charge on any atom is -0.444 e. The van der Waals surface area contributed by atoms with Crippen molar-refractivity contribution in [2.75, 3.05) is 60.4 Å². The standard InChI is InChI=1S/C50H63Br2NO6/c1-48(2,3)59-47(54)53-24-10-8-7-9-21-49(4)43-31-35(13-17-39(43)40-19-15-37(51)33-44(40)49)36-14-18-41-42-20-16-38(52)34-46(42)50(45(41)32-36,22-11-25-57-29-27-55-5)23-12-26-58-30-28-56-6/h13-20,31-34H,7-12,21-30H2,1-6H3,(H,53,54). The molecule has 4 aromatic rings. The molecule has 0 radical (unpaired) electrons. The van der Waals surface area contributed by atoms with E-state index in [4.69, 9.17) is 23.7 Å². The highest BCUT2D eigenvalue weighted by atomic mass is 79.9. The molecule has 0 spiro atoms. The monoisotopic (exact) mass is 931 g/mol. The molecule has 6 rings (SSSR count). The Balaban J connectivity index is 1.28. The lowest BCUT2D eigenvalue weighted by atomic mass is 9.71. The summed E-state index contributed by atoms with van der Waals surface area (Å²) in [4.78, 5) is 12.1. The summed E-state index contributed by atoms with van der Waals surface area (Å²) >= 11 is 7.64. The van der Waals surface area contributed by atoms with E-state index in [9.17, 15) is 4.79 Å². The normalized spacial score (nSPS) is 16.1. The summed E-state index contributed by atoms with van der Waals surface area (Å²) in [5.41, 5.74) is 12.5. The predicted molar refractivity (Wildman–Crippen MR) is 247 cm³/mol. The van der Waals surface area contributed by atoms with Crippen molar-refractivity contribution in [1.82, 2.24) is 5.32 Å². The lowest BCUT2D eigenvalue weighted by Gasteiger charge is -2.33. The Morgan fingerprint density at radius 1 is 0.576 bits per heavy atom. The van der Waals surface area contributed by atoms with Gasteiger partial charge in [-0.05, 0) is 151 Å². The summed E-state index contributed by atoms with van der Waals surface area (Å²) in [5, 5.41) is 2.91. The number of amides is 1. The van der Waals surface area contributed by atoms with Gasteiger partial charge in [0.2, 0.25) is 0 Å². The zero-order valence-electron chi connectivity index (χ0n) is 35.9. The number of methoxy groups -OCH3 is 2. The average Bonchev–Trinajstić information content (AvgIpc) is 3.60. The van der Waals surface area contributed by atoms with Gasteiger partial charge in [-0.25, -0.2) is 4.79 Å². The molecular formula is C50H63Br2NO6. The van der Waals surface area contributed by atoms with Crippen molar-refractivity contribution in [2.24, 2.45) is 0 Å². The lowest BCUT2D eigenvalue weighted by Crippen LogP contribution is -2.32. The third kappa shape index (κ3) is 10.9. The minimum atomic E-state index is -0.490. The van der Waals surface area contributed by atoms with E-state index < -0.39 is 5.60 Å². The van der Waals surface area contributed by atoms with Crippen LogP contribution in [0.15, 0.2) is 81.7 Å². The first kappa shape index (κ1) is 45.5. The Hall–Kier alpha value is -3.05. The number of hydrogen-bond donors (Lipinski definition) is 1. The third-order valence-electron chi connectivity index (χ3n) is 12.1. The van der Waals surface area contributed by atoms with Crippen LogP contribution in [0.25, 0.3) is 33.4 Å². The SMILES string of the molecule is COCCOCCCC1(CCCOCCOC)c2cc(Br)ccc2-c2ccc(-c3ccc4c(c3)C(C)(CCCCCCNC(=O)OC(C)(C)C)c3cc(Br)ccc3-4)cc21. The highest BCUT2D eigenvalue weighted by Gasteiger charge is 2.43. The van der Waals surface area contributed by atoms with Gasteiger partial charge in [-0.15, -0.1) is 0 Å². The zero-order valence-corrected chi connectivity index (χ0v) is 39.1. The number of ether oxygens (including phenoxy) is 5. The van der Waals surface area contributed by atoms with Crippen LogP contribution in [-0.4, -0.2) is 72.1 Å². The summed E-state index contributed by atoms with van der Waals surface area (Å²) in [6, 6.07) is 27.9. The van der Waals surface area contributed by atoms with E-state index in [1.807, 2.05) is 20.8 Å². The summed E-state index contributed by atoms with van der Waals surface area (Å²) in [6.45, 7) is 12.5. The fourth-order valence-corrected chi connectivity index (χ4v) is 9.97. The lowest BCUT2D eigenvalue weighted by molar-refractivity contribution is 0.0527. The van der Waals surface area contributed by atoms with Crippen LogP contribution in [0, 0.1) is 0 Å². The molecule has 1 N–H and O–H groups in total. The first-order chi connectivity index (χ1) is 28.4. The molecule has 0 saturated carbocycles. The van der Waals surface area contributed by atoms with Crippen molar-refractivity contribution < 1.29 is 28.5 Å². The molecule has 2 aliphatic rings. The van der Waals surface area contributed by atoms with Crippen molar-refractivity contribution in [1.29, 1.82) is 0 Å². The molecule has 0 aliphatic heterocycles. The van der Waals surface area contributed by atoms with Crippen LogP contribution in [0.1, 0.15) is 108 Å². The van der Waals surface area contributed by atoms with Gasteiger partial charge in [0.15, 0.2) is 0 Å². The Morgan fingerprint density at radius 2 is 1.05 bits per heavy atom. The van der Waals surface area contributed by atoms with E-state index in [-0.39, 0.29) is 16.9 Å². The molecule has 318 valence electrons. The third-order valence-corrected chi connectivity index (χ3v) is 13.0. The van der Waals surface area contributed by atoms with Crippen molar-refractivity contribution in [3.8, 4) is 33.4 Å². The highest BCUT2D eigenvalue weighted by Crippen LogP contribution is 2.56. The number of carbonyl (C=O) groups is 1. The number of nitrogens with one attached hydrogen (secondary N) is 1. The maximum Gasteiger partial charge on any atom is 0.407 e. The van der Waals surface area contributed by atoms with Gasteiger partial charge in [-0.2, -0.15) is 0 Å². The molecule has 1 unspecified atom stereocenters. The van der Waals surface area contributed by atoms with Gasteiger partial charge in [-0.3, -0.25) is 0 Å². The number of benzene rings is 4. The quantitative estimate of drug-likeness (QED) is 0.0792. The van der Waals surface area contributed by atoms with Crippen molar-refractivity contribution in [3.63, 3.8) is 0 Å². The number of alkyl carbamates (subject to hydrolysis) is 1. The molecule has 0 fully saturated rings. The van der Waals surface area contributed by atoms with E-state index in [0.29, 0.717) is 46.2 Å². The largest absolute Gasteiger partial charge is 0.444 e. The minimum absolute atomic E-state index is 0.131. The smallest absolute Gasteiger partial charge is 0.407 e. The Bertz CT molecular complexity index is 2030. The summed E-state index contributed by atoms with van der Waals surface area (Å²) in [7, 11) is 3.43. The van der Waals surface area contributed by atoms with E-state index in [0.717, 1.165) is 66.7 Å². The molecule has 2 aliphatic carbocycles. The van der Waals surface area contributed by atoms with Crippen LogP contribution >= 0.6 is 31.9 Å². The van der Waals surface area contributed by atoms with Gasteiger partial charge in [-0.1, -0.05) is 94.4 Å². The van der Waals surface area contributed by atoms with Crippen LogP contribution in [-0.2, 0) is 34.5 Å². The van der Waals surface area contributed by atoms with Crippen LogP contribution in [0.3, 0.4) is 0 Å². The fraction of sp³-hybridized carbons (Fsp3) is 0.500. The molecule has 1 amide bonds. The van der Waals surface area contributed by atoms with E-state index >= 15 is 0 Å². The number of rotatable bonds is 22. The predicted octanol–water partition coefficient (Wildman–Crippen LogP) is 12.8. The van der Waals surface area contributed by atoms with Gasteiger partial charge in [0.1, 0.15) is 5.60 Å². The molecule has 7 nitrogen and oxygen atoms in total. The highest BCUT2D eigenvalue weighted by molar-refractivity contribution is 9.10. The summed E-state index contributed by atoms with van der Waals surface area (Å²) in [6.07, 6.45) is 8.71. The Morgan fingerprint density at radius 3 is 1.61 bits per heavy atom. The van der Waals surface area contributed by atoms with Crippen LogP contribution in [0.2, 0.25) is 0 Å². The van der Waals surface area contributed by atoms with Gasteiger partial charge in [0.05, 0.1) is 26.4 Å². The zero-order chi connectivity index (χ0) is 42.0.